The standard InChI is InChI=1S/C7H4F2N2S/c8-3-1-2-4(9)6-5(3)10-7(12)11-6/h1-2H,(H2,10,11,12). The first kappa shape index (κ1) is 7.42. The van der Waals surface area contributed by atoms with Crippen LogP contribution >= 0.6 is 12.2 Å². The molecule has 12 heavy (non-hydrogen) atoms. The summed E-state index contributed by atoms with van der Waals surface area (Å²) in [5, 5.41) is 0. The van der Waals surface area contributed by atoms with Crippen LogP contribution in [-0.4, -0.2) is 9.97 Å². The monoisotopic (exact) mass is 186 g/mol. The first-order valence-corrected chi connectivity index (χ1v) is 3.65. The molecule has 0 saturated carbocycles. The highest BCUT2D eigenvalue weighted by Crippen LogP contribution is 2.16. The van der Waals surface area contributed by atoms with Gasteiger partial charge in [-0.3, -0.25) is 0 Å². The maximum Gasteiger partial charge on any atom is 0.175 e. The molecule has 5 heteroatoms. The molecule has 0 unspecified atom stereocenters. The molecule has 2 nitrogen and oxygen atoms in total. The number of fused-ring (bicyclic) bond motifs is 1. The van der Waals surface area contributed by atoms with Crippen LogP contribution in [-0.2, 0) is 0 Å². The summed E-state index contributed by atoms with van der Waals surface area (Å²) in [6, 6.07) is 2.10. The van der Waals surface area contributed by atoms with Crippen molar-refractivity contribution in [2.45, 2.75) is 0 Å². The van der Waals surface area contributed by atoms with E-state index in [2.05, 4.69) is 22.2 Å². The van der Waals surface area contributed by atoms with E-state index in [0.29, 0.717) is 0 Å². The van der Waals surface area contributed by atoms with E-state index in [4.69, 9.17) is 0 Å². The van der Waals surface area contributed by atoms with Gasteiger partial charge in [0.25, 0.3) is 0 Å². The second-order valence-electron chi connectivity index (χ2n) is 2.36. The lowest BCUT2D eigenvalue weighted by molar-refractivity contribution is 0.615. The zero-order valence-corrected chi connectivity index (χ0v) is 6.64. The van der Waals surface area contributed by atoms with Gasteiger partial charge in [-0.1, -0.05) is 0 Å². The van der Waals surface area contributed by atoms with E-state index in [-0.39, 0.29) is 15.8 Å². The molecule has 0 fully saturated rings. The second-order valence-corrected chi connectivity index (χ2v) is 2.77. The van der Waals surface area contributed by atoms with Gasteiger partial charge in [-0.15, -0.1) is 0 Å². The summed E-state index contributed by atoms with van der Waals surface area (Å²) >= 11 is 4.69. The van der Waals surface area contributed by atoms with Gasteiger partial charge in [-0.25, -0.2) is 8.78 Å². The molecule has 0 aliphatic carbocycles. The average molecular weight is 186 g/mol. The van der Waals surface area contributed by atoms with E-state index >= 15 is 0 Å². The molecule has 0 bridgehead atoms. The van der Waals surface area contributed by atoms with E-state index in [1.165, 1.54) is 0 Å². The first-order chi connectivity index (χ1) is 5.68. The third kappa shape index (κ3) is 0.937. The Kier molecular flexibility index (Phi) is 1.47. The lowest BCUT2D eigenvalue weighted by Gasteiger charge is -1.91. The summed E-state index contributed by atoms with van der Waals surface area (Å²) < 4.78 is 26.0. The zero-order valence-electron chi connectivity index (χ0n) is 5.82. The number of rotatable bonds is 0. The molecule has 0 radical (unpaired) electrons. The Labute approximate surface area is 71.2 Å². The number of hydrogen-bond acceptors (Lipinski definition) is 1. The summed E-state index contributed by atoms with van der Waals surface area (Å²) in [7, 11) is 0. The molecule has 62 valence electrons. The Morgan fingerprint density at radius 1 is 1.00 bits per heavy atom. The molecule has 0 aliphatic rings. The quantitative estimate of drug-likeness (QED) is 0.608. The number of aromatic amines is 2. The predicted octanol–water partition coefficient (Wildman–Crippen LogP) is 2.50. The topological polar surface area (TPSA) is 31.6 Å². The van der Waals surface area contributed by atoms with E-state index < -0.39 is 11.6 Å². The van der Waals surface area contributed by atoms with Crippen molar-refractivity contribution >= 4 is 23.3 Å². The molecule has 1 heterocycles. The van der Waals surface area contributed by atoms with Crippen LogP contribution in [0.15, 0.2) is 12.1 Å². The van der Waals surface area contributed by atoms with E-state index in [1.54, 1.807) is 0 Å². The largest absolute Gasteiger partial charge is 0.328 e. The Hall–Kier alpha value is -1.23. The van der Waals surface area contributed by atoms with Gasteiger partial charge in [-0.2, -0.15) is 0 Å². The van der Waals surface area contributed by atoms with Crippen molar-refractivity contribution in [1.29, 1.82) is 0 Å². The molecule has 0 spiro atoms. The van der Waals surface area contributed by atoms with Crippen LogP contribution in [0.4, 0.5) is 8.78 Å². The van der Waals surface area contributed by atoms with Crippen molar-refractivity contribution in [1.82, 2.24) is 9.97 Å². The normalized spacial score (nSPS) is 10.8. The van der Waals surface area contributed by atoms with Gasteiger partial charge >= 0.3 is 0 Å². The van der Waals surface area contributed by atoms with Crippen molar-refractivity contribution in [3.05, 3.63) is 28.5 Å². The fraction of sp³-hybridized carbons (Fsp3) is 0. The molecule has 0 atom stereocenters. The van der Waals surface area contributed by atoms with Gasteiger partial charge < -0.3 is 9.97 Å². The number of benzene rings is 1. The highest BCUT2D eigenvalue weighted by Gasteiger charge is 2.06. The summed E-state index contributed by atoms with van der Waals surface area (Å²) in [6.07, 6.45) is 0. The number of hydrogen-bond donors (Lipinski definition) is 2. The van der Waals surface area contributed by atoms with Crippen molar-refractivity contribution < 1.29 is 8.78 Å². The molecule has 1 aromatic heterocycles. The fourth-order valence-electron chi connectivity index (χ4n) is 1.05. The van der Waals surface area contributed by atoms with Crippen LogP contribution in [0, 0.1) is 16.4 Å². The predicted molar refractivity (Wildman–Crippen MR) is 43.4 cm³/mol. The maximum atomic E-state index is 12.9. The summed E-state index contributed by atoms with van der Waals surface area (Å²) in [4.78, 5) is 5.02. The molecule has 0 saturated heterocycles. The first-order valence-electron chi connectivity index (χ1n) is 3.24. The lowest BCUT2D eigenvalue weighted by Crippen LogP contribution is -1.81. The van der Waals surface area contributed by atoms with Crippen molar-refractivity contribution in [2.75, 3.05) is 0 Å². The molecular formula is C7H4F2N2S. The van der Waals surface area contributed by atoms with Crippen molar-refractivity contribution in [3.8, 4) is 0 Å². The van der Waals surface area contributed by atoms with Crippen LogP contribution in [0.5, 0.6) is 0 Å². The van der Waals surface area contributed by atoms with Crippen LogP contribution in [0.1, 0.15) is 0 Å². The summed E-state index contributed by atoms with van der Waals surface area (Å²) in [5.41, 5.74) is 0.167. The molecule has 0 amide bonds. The smallest absolute Gasteiger partial charge is 0.175 e. The summed E-state index contributed by atoms with van der Waals surface area (Å²) in [6.45, 7) is 0. The minimum absolute atomic E-state index is 0.0833. The van der Waals surface area contributed by atoms with Crippen molar-refractivity contribution in [2.24, 2.45) is 0 Å². The Morgan fingerprint density at radius 3 is 1.83 bits per heavy atom. The van der Waals surface area contributed by atoms with E-state index in [1.807, 2.05) is 0 Å². The Balaban J connectivity index is 3.03. The minimum Gasteiger partial charge on any atom is -0.328 e. The van der Waals surface area contributed by atoms with Crippen molar-refractivity contribution in [3.63, 3.8) is 0 Å². The summed E-state index contributed by atoms with van der Waals surface area (Å²) in [5.74, 6) is -1.03. The van der Waals surface area contributed by atoms with Gasteiger partial charge in [0.1, 0.15) is 22.7 Å². The SMILES string of the molecule is Fc1ccc(F)c2[nH]c(=S)[nH]c12. The van der Waals surface area contributed by atoms with Gasteiger partial charge in [0.05, 0.1) is 0 Å². The number of aromatic nitrogens is 2. The average Bonchev–Trinajstić information content (AvgIpc) is 2.41. The molecule has 2 aromatic rings. The second kappa shape index (κ2) is 2.38. The van der Waals surface area contributed by atoms with E-state index in [9.17, 15) is 8.78 Å². The van der Waals surface area contributed by atoms with Crippen LogP contribution in [0.3, 0.4) is 0 Å². The zero-order chi connectivity index (χ0) is 8.72. The molecule has 1 aromatic carbocycles. The van der Waals surface area contributed by atoms with E-state index in [0.717, 1.165) is 12.1 Å². The fourth-order valence-corrected chi connectivity index (χ4v) is 1.26. The van der Waals surface area contributed by atoms with Gasteiger partial charge in [0.2, 0.25) is 0 Å². The number of imidazole rings is 1. The lowest BCUT2D eigenvalue weighted by atomic mass is 10.3. The molecule has 0 aliphatic heterocycles. The third-order valence-electron chi connectivity index (χ3n) is 1.58. The number of halogens is 2. The number of H-pyrrole nitrogens is 2. The highest BCUT2D eigenvalue weighted by molar-refractivity contribution is 7.71. The number of nitrogens with one attached hydrogen (secondary N) is 2. The Bertz CT molecular complexity index is 444. The third-order valence-corrected chi connectivity index (χ3v) is 1.78. The maximum absolute atomic E-state index is 12.9. The highest BCUT2D eigenvalue weighted by atomic mass is 32.1. The van der Waals surface area contributed by atoms with Crippen LogP contribution in [0.25, 0.3) is 11.0 Å². The van der Waals surface area contributed by atoms with Gasteiger partial charge in [0.15, 0.2) is 4.77 Å². The van der Waals surface area contributed by atoms with Gasteiger partial charge in [-0.05, 0) is 24.4 Å². The van der Waals surface area contributed by atoms with Crippen LogP contribution < -0.4 is 0 Å². The van der Waals surface area contributed by atoms with Crippen LogP contribution in [0.2, 0.25) is 0 Å². The minimum atomic E-state index is -0.515. The molecular weight excluding hydrogens is 182 g/mol. The molecule has 2 N–H and O–H groups in total. The van der Waals surface area contributed by atoms with Gasteiger partial charge in [0, 0.05) is 0 Å². The molecule has 2 rings (SSSR count). The Morgan fingerprint density at radius 2 is 1.42 bits per heavy atom.